The minimum Gasteiger partial charge on any atom is -0.494 e. The molecular weight excluding hydrogens is 338 g/mol. The molecule has 0 bridgehead atoms. The first kappa shape index (κ1) is 20.5. The van der Waals surface area contributed by atoms with Crippen LogP contribution in [0.3, 0.4) is 0 Å². The first-order chi connectivity index (χ1) is 12.1. The van der Waals surface area contributed by atoms with Crippen molar-refractivity contribution < 1.29 is 23.8 Å². The number of morpholine rings is 1. The van der Waals surface area contributed by atoms with Gasteiger partial charge in [-0.15, -0.1) is 0 Å². The van der Waals surface area contributed by atoms with Gasteiger partial charge in [-0.05, 0) is 40.2 Å². The number of hydrogen-bond donors (Lipinski definition) is 2. The molecule has 2 aliphatic rings. The summed E-state index contributed by atoms with van der Waals surface area (Å²) in [7, 11) is 0. The lowest BCUT2D eigenvalue weighted by Crippen LogP contribution is -2.53. The highest BCUT2D eigenvalue weighted by atomic mass is 16.6. The van der Waals surface area contributed by atoms with Gasteiger partial charge in [0.25, 0.3) is 0 Å². The Labute approximate surface area is 155 Å². The van der Waals surface area contributed by atoms with Gasteiger partial charge in [0.2, 0.25) is 5.91 Å². The average Bonchev–Trinajstić information content (AvgIpc) is 2.53. The lowest BCUT2D eigenvalue weighted by atomic mass is 9.96. The highest BCUT2D eigenvalue weighted by molar-refractivity contribution is 5.77. The van der Waals surface area contributed by atoms with Crippen LogP contribution >= 0.6 is 0 Å². The van der Waals surface area contributed by atoms with Crippen molar-refractivity contribution in [3.63, 3.8) is 0 Å². The highest BCUT2D eigenvalue weighted by Crippen LogP contribution is 2.21. The number of rotatable bonds is 4. The maximum Gasteiger partial charge on any atom is 0.410 e. The van der Waals surface area contributed by atoms with Crippen LogP contribution < -0.4 is 11.1 Å². The lowest BCUT2D eigenvalue weighted by Gasteiger charge is -2.36. The minimum atomic E-state index is -0.548. The Morgan fingerprint density at radius 3 is 2.77 bits per heavy atom. The molecule has 0 aromatic rings. The number of carbonyl (C=O) groups excluding carboxylic acids is 2. The molecule has 2 amide bonds. The minimum absolute atomic E-state index is 0.128. The molecule has 2 atom stereocenters. The number of nitrogens with two attached hydrogens (primary N) is 1. The molecule has 2 heterocycles. The maximum absolute atomic E-state index is 12.4. The molecular formula is C18H31N3O5. The second-order valence-electron chi connectivity index (χ2n) is 8.10. The molecule has 0 aromatic heterocycles. The highest BCUT2D eigenvalue weighted by Gasteiger charge is 2.33. The monoisotopic (exact) mass is 369 g/mol. The number of carbonyl (C=O) groups is 2. The Hall–Kier alpha value is -1.80. The fraction of sp³-hybridized carbons (Fsp3) is 0.778. The van der Waals surface area contributed by atoms with Crippen molar-refractivity contribution in [2.45, 2.75) is 57.8 Å². The van der Waals surface area contributed by atoms with E-state index in [1.54, 1.807) is 4.90 Å². The third-order valence-corrected chi connectivity index (χ3v) is 4.20. The summed E-state index contributed by atoms with van der Waals surface area (Å²) in [6.07, 6.45) is 2.03. The fourth-order valence-electron chi connectivity index (χ4n) is 2.87. The smallest absolute Gasteiger partial charge is 0.410 e. The molecule has 0 aromatic carbocycles. The van der Waals surface area contributed by atoms with E-state index >= 15 is 0 Å². The van der Waals surface area contributed by atoms with E-state index in [9.17, 15) is 9.59 Å². The van der Waals surface area contributed by atoms with Gasteiger partial charge < -0.3 is 30.2 Å². The number of amides is 2. The van der Waals surface area contributed by atoms with Crippen LogP contribution in [-0.4, -0.2) is 67.0 Å². The molecule has 148 valence electrons. The van der Waals surface area contributed by atoms with Crippen LogP contribution in [0.2, 0.25) is 0 Å². The maximum atomic E-state index is 12.4. The summed E-state index contributed by atoms with van der Waals surface area (Å²) in [4.78, 5) is 26.2. The SMILES string of the molecule is CC(C)(C)OC(=O)N1CCOC(CC(=O)N[C@@]2(C)CC=C(CN)OC2)C1. The van der Waals surface area contributed by atoms with Crippen molar-refractivity contribution in [2.24, 2.45) is 5.73 Å². The van der Waals surface area contributed by atoms with Gasteiger partial charge in [0.05, 0.1) is 37.8 Å². The van der Waals surface area contributed by atoms with Gasteiger partial charge in [-0.3, -0.25) is 4.79 Å². The van der Waals surface area contributed by atoms with Crippen LogP contribution in [0.15, 0.2) is 11.8 Å². The molecule has 8 heteroatoms. The molecule has 3 N–H and O–H groups in total. The van der Waals surface area contributed by atoms with Gasteiger partial charge in [-0.1, -0.05) is 0 Å². The predicted molar refractivity (Wildman–Crippen MR) is 96.4 cm³/mol. The van der Waals surface area contributed by atoms with E-state index in [0.717, 1.165) is 5.76 Å². The quantitative estimate of drug-likeness (QED) is 0.771. The molecule has 0 spiro atoms. The van der Waals surface area contributed by atoms with Crippen LogP contribution in [0.1, 0.15) is 40.5 Å². The van der Waals surface area contributed by atoms with Gasteiger partial charge in [-0.2, -0.15) is 0 Å². The van der Waals surface area contributed by atoms with Crippen LogP contribution in [0.25, 0.3) is 0 Å². The Bertz CT molecular complexity index is 558. The summed E-state index contributed by atoms with van der Waals surface area (Å²) in [5, 5.41) is 3.01. The van der Waals surface area contributed by atoms with Gasteiger partial charge >= 0.3 is 6.09 Å². The fourth-order valence-corrected chi connectivity index (χ4v) is 2.87. The molecule has 0 radical (unpaired) electrons. The zero-order valence-corrected chi connectivity index (χ0v) is 16.2. The van der Waals surface area contributed by atoms with Gasteiger partial charge in [0, 0.05) is 6.54 Å². The summed E-state index contributed by atoms with van der Waals surface area (Å²) in [6.45, 7) is 9.36. The van der Waals surface area contributed by atoms with Crippen molar-refractivity contribution >= 4 is 12.0 Å². The van der Waals surface area contributed by atoms with Crippen molar-refractivity contribution in [2.75, 3.05) is 32.8 Å². The van der Waals surface area contributed by atoms with E-state index < -0.39 is 11.1 Å². The predicted octanol–water partition coefficient (Wildman–Crippen LogP) is 1.15. The Morgan fingerprint density at radius 2 is 2.19 bits per heavy atom. The molecule has 0 saturated carbocycles. The van der Waals surface area contributed by atoms with E-state index in [1.165, 1.54) is 0 Å². The standard InChI is InChI=1S/C18H31N3O5/c1-17(2,3)26-16(23)21-7-8-24-14(11-21)9-15(22)20-18(4)6-5-13(10-19)25-12-18/h5,14H,6-12,19H2,1-4H3,(H,20,22)/t14?,18-/m0/s1. The first-order valence-electron chi connectivity index (χ1n) is 9.03. The van der Waals surface area contributed by atoms with Gasteiger partial charge in [0.15, 0.2) is 0 Å². The van der Waals surface area contributed by atoms with Gasteiger partial charge in [-0.25, -0.2) is 4.79 Å². The molecule has 0 aliphatic carbocycles. The second-order valence-corrected chi connectivity index (χ2v) is 8.10. The van der Waals surface area contributed by atoms with Crippen LogP contribution in [0.4, 0.5) is 4.79 Å². The number of nitrogens with zero attached hydrogens (tertiary/aromatic N) is 1. The molecule has 2 rings (SSSR count). The lowest BCUT2D eigenvalue weighted by molar-refractivity contribution is -0.128. The average molecular weight is 369 g/mol. The molecule has 26 heavy (non-hydrogen) atoms. The Balaban J connectivity index is 1.83. The summed E-state index contributed by atoms with van der Waals surface area (Å²) >= 11 is 0. The number of ether oxygens (including phenoxy) is 3. The number of nitrogens with one attached hydrogen (secondary N) is 1. The summed E-state index contributed by atoms with van der Waals surface area (Å²) < 4.78 is 16.6. The normalized spacial score (nSPS) is 26.6. The number of hydrogen-bond acceptors (Lipinski definition) is 6. The third-order valence-electron chi connectivity index (χ3n) is 4.20. The molecule has 8 nitrogen and oxygen atoms in total. The van der Waals surface area contributed by atoms with Crippen molar-refractivity contribution in [1.82, 2.24) is 10.2 Å². The van der Waals surface area contributed by atoms with Gasteiger partial charge in [0.1, 0.15) is 18.0 Å². The largest absolute Gasteiger partial charge is 0.494 e. The molecule has 1 saturated heterocycles. The van der Waals surface area contributed by atoms with Crippen LogP contribution in [0, 0.1) is 0 Å². The molecule has 1 fully saturated rings. The van der Waals surface area contributed by atoms with Crippen molar-refractivity contribution in [1.29, 1.82) is 0 Å². The zero-order chi connectivity index (χ0) is 19.4. The van der Waals surface area contributed by atoms with Crippen LogP contribution in [-0.2, 0) is 19.0 Å². The van der Waals surface area contributed by atoms with Crippen molar-refractivity contribution in [3.05, 3.63) is 11.8 Å². The molecule has 1 unspecified atom stereocenters. The zero-order valence-electron chi connectivity index (χ0n) is 16.2. The van der Waals surface area contributed by atoms with E-state index in [-0.39, 0.29) is 24.5 Å². The van der Waals surface area contributed by atoms with E-state index in [4.69, 9.17) is 19.9 Å². The first-order valence-corrected chi connectivity index (χ1v) is 9.03. The van der Waals surface area contributed by atoms with Crippen molar-refractivity contribution in [3.8, 4) is 0 Å². The topological polar surface area (TPSA) is 103 Å². The van der Waals surface area contributed by atoms with E-state index in [1.807, 2.05) is 33.8 Å². The van der Waals surface area contributed by atoms with Crippen LogP contribution in [0.5, 0.6) is 0 Å². The summed E-state index contributed by atoms with van der Waals surface area (Å²) in [5.41, 5.74) is 4.54. The Morgan fingerprint density at radius 1 is 1.46 bits per heavy atom. The summed E-state index contributed by atoms with van der Waals surface area (Å²) in [6, 6.07) is 0. The second kappa shape index (κ2) is 8.26. The third kappa shape index (κ3) is 6.17. The van der Waals surface area contributed by atoms with E-state index in [0.29, 0.717) is 39.3 Å². The van der Waals surface area contributed by atoms with E-state index in [2.05, 4.69) is 5.32 Å². The Kier molecular flexibility index (Phi) is 6.52. The molecule has 2 aliphatic heterocycles. The summed E-state index contributed by atoms with van der Waals surface area (Å²) in [5.74, 6) is 0.622.